The highest BCUT2D eigenvalue weighted by molar-refractivity contribution is 7.99. The van der Waals surface area contributed by atoms with Gasteiger partial charge in [0.25, 0.3) is 0 Å². The first-order valence-corrected chi connectivity index (χ1v) is 10.7. The standard InChI is InChI=1S/C22H23N5O3S/c1-4-27-21(15(2)30-19-11-9-18(29-3)10-12-19)25-26-22(27)31-14-20(28)24-17-7-5-16(13-23)6-8-17/h5-12,15H,4,14H2,1-3H3,(H,24,28). The lowest BCUT2D eigenvalue weighted by Gasteiger charge is -2.15. The Balaban J connectivity index is 1.60. The molecule has 0 saturated carbocycles. The summed E-state index contributed by atoms with van der Waals surface area (Å²) in [6.45, 7) is 4.55. The molecule has 0 fully saturated rings. The van der Waals surface area contributed by atoms with Crippen molar-refractivity contribution < 1.29 is 14.3 Å². The van der Waals surface area contributed by atoms with Crippen LogP contribution in [0, 0.1) is 11.3 Å². The molecule has 0 aliphatic heterocycles. The fourth-order valence-electron chi connectivity index (χ4n) is 2.87. The first kappa shape index (κ1) is 22.2. The van der Waals surface area contributed by atoms with Crippen molar-refractivity contribution in [3.63, 3.8) is 0 Å². The van der Waals surface area contributed by atoms with E-state index in [1.54, 1.807) is 31.4 Å². The van der Waals surface area contributed by atoms with Crippen molar-refractivity contribution in [3.05, 3.63) is 59.9 Å². The zero-order valence-electron chi connectivity index (χ0n) is 17.5. The molecule has 0 aliphatic carbocycles. The van der Waals surface area contributed by atoms with E-state index in [0.29, 0.717) is 34.5 Å². The van der Waals surface area contributed by atoms with Gasteiger partial charge in [-0.2, -0.15) is 5.26 Å². The third-order valence-corrected chi connectivity index (χ3v) is 5.39. The number of benzene rings is 2. The molecule has 1 unspecified atom stereocenters. The summed E-state index contributed by atoms with van der Waals surface area (Å²) in [5.41, 5.74) is 1.19. The van der Waals surface area contributed by atoms with Gasteiger partial charge in [-0.1, -0.05) is 11.8 Å². The Bertz CT molecular complexity index is 1060. The molecule has 1 aromatic heterocycles. The molecule has 1 amide bonds. The Labute approximate surface area is 185 Å². The summed E-state index contributed by atoms with van der Waals surface area (Å²) in [6, 6.07) is 16.1. The minimum atomic E-state index is -0.317. The van der Waals surface area contributed by atoms with Crippen LogP contribution in [0.4, 0.5) is 5.69 Å². The predicted octanol–water partition coefficient (Wildman–Crippen LogP) is 4.05. The number of hydrogen-bond acceptors (Lipinski definition) is 7. The summed E-state index contributed by atoms with van der Waals surface area (Å²) in [5, 5.41) is 20.8. The Morgan fingerprint density at radius 3 is 2.45 bits per heavy atom. The maximum Gasteiger partial charge on any atom is 0.234 e. The molecule has 1 N–H and O–H groups in total. The summed E-state index contributed by atoms with van der Waals surface area (Å²) < 4.78 is 13.1. The van der Waals surface area contributed by atoms with Crippen LogP contribution >= 0.6 is 11.8 Å². The molecular weight excluding hydrogens is 414 g/mol. The summed E-state index contributed by atoms with van der Waals surface area (Å²) >= 11 is 1.31. The third-order valence-electron chi connectivity index (χ3n) is 4.43. The number of ether oxygens (including phenoxy) is 2. The lowest BCUT2D eigenvalue weighted by molar-refractivity contribution is -0.113. The number of anilines is 1. The summed E-state index contributed by atoms with van der Waals surface area (Å²) in [7, 11) is 1.62. The number of thioether (sulfide) groups is 1. The van der Waals surface area contributed by atoms with Crippen molar-refractivity contribution in [2.45, 2.75) is 31.7 Å². The number of amides is 1. The van der Waals surface area contributed by atoms with E-state index >= 15 is 0 Å². The van der Waals surface area contributed by atoms with Crippen molar-refractivity contribution in [1.82, 2.24) is 14.8 Å². The molecule has 3 aromatic rings. The molecular formula is C22H23N5O3S. The smallest absolute Gasteiger partial charge is 0.234 e. The topological polar surface area (TPSA) is 102 Å². The van der Waals surface area contributed by atoms with Gasteiger partial charge in [-0.15, -0.1) is 10.2 Å². The average molecular weight is 438 g/mol. The molecule has 8 nitrogen and oxygen atoms in total. The van der Waals surface area contributed by atoms with Crippen LogP contribution in [-0.2, 0) is 11.3 Å². The van der Waals surface area contributed by atoms with E-state index in [4.69, 9.17) is 14.7 Å². The number of methoxy groups -OCH3 is 1. The molecule has 0 spiro atoms. The minimum absolute atomic E-state index is 0.163. The van der Waals surface area contributed by atoms with Crippen molar-refractivity contribution in [2.75, 3.05) is 18.2 Å². The van der Waals surface area contributed by atoms with Crippen molar-refractivity contribution in [3.8, 4) is 17.6 Å². The van der Waals surface area contributed by atoms with Gasteiger partial charge in [0.05, 0.1) is 24.5 Å². The van der Waals surface area contributed by atoms with Gasteiger partial charge in [-0.25, -0.2) is 0 Å². The maximum atomic E-state index is 12.3. The van der Waals surface area contributed by atoms with Gasteiger partial charge < -0.3 is 19.4 Å². The lowest BCUT2D eigenvalue weighted by atomic mass is 10.2. The lowest BCUT2D eigenvalue weighted by Crippen LogP contribution is -2.15. The van der Waals surface area contributed by atoms with Crippen LogP contribution in [0.25, 0.3) is 0 Å². The number of aromatic nitrogens is 3. The molecule has 9 heteroatoms. The largest absolute Gasteiger partial charge is 0.497 e. The zero-order chi connectivity index (χ0) is 22.2. The fourth-order valence-corrected chi connectivity index (χ4v) is 3.68. The number of nitrogens with one attached hydrogen (secondary N) is 1. The van der Waals surface area contributed by atoms with E-state index in [-0.39, 0.29) is 17.8 Å². The van der Waals surface area contributed by atoms with E-state index in [1.165, 1.54) is 11.8 Å². The van der Waals surface area contributed by atoms with Crippen LogP contribution in [0.5, 0.6) is 11.5 Å². The van der Waals surface area contributed by atoms with E-state index < -0.39 is 0 Å². The van der Waals surface area contributed by atoms with Gasteiger partial charge in [-0.05, 0) is 62.4 Å². The van der Waals surface area contributed by atoms with E-state index in [2.05, 4.69) is 15.5 Å². The van der Waals surface area contributed by atoms with E-state index in [0.717, 1.165) is 5.75 Å². The summed E-state index contributed by atoms with van der Waals surface area (Å²) in [5.74, 6) is 2.17. The third kappa shape index (κ3) is 5.77. The molecule has 0 aliphatic rings. The number of nitrogens with zero attached hydrogens (tertiary/aromatic N) is 4. The number of carbonyl (C=O) groups is 1. The Morgan fingerprint density at radius 2 is 1.84 bits per heavy atom. The van der Waals surface area contributed by atoms with Crippen molar-refractivity contribution in [1.29, 1.82) is 5.26 Å². The van der Waals surface area contributed by atoms with Gasteiger partial charge in [0.1, 0.15) is 11.5 Å². The molecule has 3 rings (SSSR count). The predicted molar refractivity (Wildman–Crippen MR) is 118 cm³/mol. The minimum Gasteiger partial charge on any atom is -0.497 e. The van der Waals surface area contributed by atoms with Crippen LogP contribution in [0.1, 0.15) is 31.3 Å². The van der Waals surface area contributed by atoms with Crippen LogP contribution in [0.3, 0.4) is 0 Å². The van der Waals surface area contributed by atoms with Gasteiger partial charge in [0, 0.05) is 12.2 Å². The first-order chi connectivity index (χ1) is 15.0. The molecule has 31 heavy (non-hydrogen) atoms. The number of hydrogen-bond donors (Lipinski definition) is 1. The highest BCUT2D eigenvalue weighted by atomic mass is 32.2. The van der Waals surface area contributed by atoms with Crippen LogP contribution < -0.4 is 14.8 Å². The van der Waals surface area contributed by atoms with E-state index in [9.17, 15) is 4.79 Å². The highest BCUT2D eigenvalue weighted by Gasteiger charge is 2.19. The number of carbonyl (C=O) groups excluding carboxylic acids is 1. The van der Waals surface area contributed by atoms with Crippen molar-refractivity contribution >= 4 is 23.4 Å². The SMILES string of the molecule is CCn1c(SCC(=O)Nc2ccc(C#N)cc2)nnc1C(C)Oc1ccc(OC)cc1. The van der Waals surface area contributed by atoms with Gasteiger partial charge in [0.15, 0.2) is 17.1 Å². The number of rotatable bonds is 9. The van der Waals surface area contributed by atoms with Gasteiger partial charge in [-0.3, -0.25) is 4.79 Å². The van der Waals surface area contributed by atoms with E-state index in [1.807, 2.05) is 48.7 Å². The molecule has 0 radical (unpaired) electrons. The van der Waals surface area contributed by atoms with Gasteiger partial charge in [0.2, 0.25) is 5.91 Å². The maximum absolute atomic E-state index is 12.3. The second kappa shape index (κ2) is 10.5. The summed E-state index contributed by atoms with van der Waals surface area (Å²) in [6.07, 6.45) is -0.317. The van der Waals surface area contributed by atoms with Crippen LogP contribution in [-0.4, -0.2) is 33.5 Å². The molecule has 160 valence electrons. The van der Waals surface area contributed by atoms with Crippen LogP contribution in [0.15, 0.2) is 53.7 Å². The molecule has 0 saturated heterocycles. The average Bonchev–Trinajstić information content (AvgIpc) is 3.22. The summed E-state index contributed by atoms with van der Waals surface area (Å²) in [4.78, 5) is 12.3. The normalized spacial score (nSPS) is 11.4. The molecule has 0 bridgehead atoms. The molecule has 2 aromatic carbocycles. The molecule has 1 heterocycles. The van der Waals surface area contributed by atoms with Crippen LogP contribution in [0.2, 0.25) is 0 Å². The first-order valence-electron chi connectivity index (χ1n) is 9.70. The fraction of sp³-hybridized carbons (Fsp3) is 0.273. The second-order valence-corrected chi connectivity index (χ2v) is 7.49. The van der Waals surface area contributed by atoms with Gasteiger partial charge >= 0.3 is 0 Å². The highest BCUT2D eigenvalue weighted by Crippen LogP contribution is 2.26. The monoisotopic (exact) mass is 437 g/mol. The quantitative estimate of drug-likeness (QED) is 0.504. The Morgan fingerprint density at radius 1 is 1.16 bits per heavy atom. The molecule has 1 atom stereocenters. The number of nitriles is 1. The zero-order valence-corrected chi connectivity index (χ0v) is 18.3. The van der Waals surface area contributed by atoms with Crippen molar-refractivity contribution in [2.24, 2.45) is 0 Å². The Kier molecular flexibility index (Phi) is 7.51. The Hall–Kier alpha value is -3.51. The second-order valence-electron chi connectivity index (χ2n) is 6.55.